The van der Waals surface area contributed by atoms with Gasteiger partial charge in [-0.15, -0.1) is 0 Å². The molecule has 9 nitrogen and oxygen atoms in total. The Balaban J connectivity index is 3.73. The van der Waals surface area contributed by atoms with Gasteiger partial charge >= 0.3 is 19.8 Å². The fourth-order valence-electron chi connectivity index (χ4n) is 6.88. The molecular weight excluding hydrogens is 762 g/mol. The Kier molecular flexibility index (Phi) is 44.4. The monoisotopic (exact) mass is 854 g/mol. The van der Waals surface area contributed by atoms with E-state index in [9.17, 15) is 19.0 Å². The number of carbonyl (C=O) groups is 2. The molecule has 346 valence electrons. The Bertz CT molecular complexity index is 1060. The van der Waals surface area contributed by atoms with E-state index in [1.54, 1.807) is 0 Å². The molecule has 0 saturated carbocycles. The molecule has 0 aliphatic carbocycles. The first kappa shape index (κ1) is 57.2. The second-order valence-corrected chi connectivity index (χ2v) is 17.8. The summed E-state index contributed by atoms with van der Waals surface area (Å²) in [6.07, 6.45) is 52.6. The van der Waals surface area contributed by atoms with Crippen molar-refractivity contribution in [2.45, 2.75) is 238 Å². The number of allylic oxidation sites excluding steroid dienone is 6. The molecule has 0 spiro atoms. The number of carbonyl (C=O) groups excluding carboxylic acids is 2. The van der Waals surface area contributed by atoms with Gasteiger partial charge in [-0.05, 0) is 51.4 Å². The molecule has 0 aliphatic heterocycles. The van der Waals surface area contributed by atoms with Crippen LogP contribution in [0, 0.1) is 0 Å². The van der Waals surface area contributed by atoms with E-state index in [0.717, 1.165) is 57.8 Å². The van der Waals surface area contributed by atoms with Gasteiger partial charge in [0.2, 0.25) is 0 Å². The molecule has 0 bridgehead atoms. The number of hydrogen-bond acceptors (Lipinski definition) is 8. The Morgan fingerprint density at radius 2 is 0.881 bits per heavy atom. The molecule has 2 atom stereocenters. The predicted molar refractivity (Wildman–Crippen MR) is 247 cm³/mol. The van der Waals surface area contributed by atoms with Crippen molar-refractivity contribution >= 4 is 19.8 Å². The molecule has 0 heterocycles. The first-order valence-electron chi connectivity index (χ1n) is 24.5. The van der Waals surface area contributed by atoms with Gasteiger partial charge in [-0.3, -0.25) is 18.6 Å². The highest BCUT2D eigenvalue weighted by molar-refractivity contribution is 7.47. The number of nitrogens with two attached hydrogens (primary N) is 1. The average Bonchev–Trinajstić information content (AvgIpc) is 3.22. The summed E-state index contributed by atoms with van der Waals surface area (Å²) in [5.74, 6) is -0.836. The quantitative estimate of drug-likeness (QED) is 0.0265. The second kappa shape index (κ2) is 45.7. The lowest BCUT2D eigenvalue weighted by Crippen LogP contribution is -2.29. The molecule has 0 amide bonds. The number of rotatable bonds is 46. The molecule has 3 N–H and O–H groups in total. The number of unbranched alkanes of at least 4 members (excludes halogenated alkanes) is 27. The van der Waals surface area contributed by atoms with E-state index in [0.29, 0.717) is 6.42 Å². The maximum Gasteiger partial charge on any atom is 0.472 e. The standard InChI is InChI=1S/C49H92NO8P/c1-3-5-7-9-10-11-12-13-14-15-16-17-18-19-20-21-22-23-24-25-26-27-28-29-30-31-32-33-34-35-36-38-40-42-49(52)58-47(46-57-59(53,54)56-44-43-50)45-55-48(51)41-39-37-8-6-4-2/h12-13,15-16,18-19,47H,3-11,14,17,20-46,50H2,1-2H3,(H,53,54)/b13-12-,16-15-,19-18-. The molecule has 0 aliphatic rings. The summed E-state index contributed by atoms with van der Waals surface area (Å²) in [6.45, 7) is 3.64. The third-order valence-electron chi connectivity index (χ3n) is 10.5. The van der Waals surface area contributed by atoms with Crippen LogP contribution in [0.4, 0.5) is 0 Å². The number of hydrogen-bond donors (Lipinski definition) is 2. The van der Waals surface area contributed by atoms with Gasteiger partial charge in [0.1, 0.15) is 6.61 Å². The summed E-state index contributed by atoms with van der Waals surface area (Å²) in [5.41, 5.74) is 5.33. The number of esters is 2. The SMILES string of the molecule is CCCCCCC/C=C\C/C=C\C/C=C\CCCCCCCCCCCCCCCCCCCCC(=O)OC(COC(=O)CCCCCCC)COP(=O)(O)OCCN. The minimum Gasteiger partial charge on any atom is -0.462 e. The third kappa shape index (κ3) is 45.6. The lowest BCUT2D eigenvalue weighted by Gasteiger charge is -2.19. The van der Waals surface area contributed by atoms with E-state index >= 15 is 0 Å². The van der Waals surface area contributed by atoms with Crippen molar-refractivity contribution in [3.05, 3.63) is 36.5 Å². The molecule has 0 rings (SSSR count). The zero-order chi connectivity index (χ0) is 43.2. The molecule has 0 aromatic carbocycles. The van der Waals surface area contributed by atoms with Gasteiger partial charge in [-0.25, -0.2) is 4.57 Å². The minimum absolute atomic E-state index is 0.0548. The van der Waals surface area contributed by atoms with Gasteiger partial charge in [-0.1, -0.05) is 204 Å². The van der Waals surface area contributed by atoms with E-state index in [4.69, 9.17) is 24.3 Å². The van der Waals surface area contributed by atoms with Crippen molar-refractivity contribution in [1.29, 1.82) is 0 Å². The van der Waals surface area contributed by atoms with Gasteiger partial charge in [0, 0.05) is 19.4 Å². The lowest BCUT2D eigenvalue weighted by atomic mass is 10.0. The van der Waals surface area contributed by atoms with Crippen molar-refractivity contribution in [1.82, 2.24) is 0 Å². The first-order valence-corrected chi connectivity index (χ1v) is 26.0. The Labute approximate surface area is 363 Å². The molecule has 0 aromatic heterocycles. The average molecular weight is 854 g/mol. The molecule has 10 heteroatoms. The molecule has 59 heavy (non-hydrogen) atoms. The zero-order valence-electron chi connectivity index (χ0n) is 38.2. The van der Waals surface area contributed by atoms with Crippen molar-refractivity contribution in [2.75, 3.05) is 26.4 Å². The molecule has 0 aromatic rings. The highest BCUT2D eigenvalue weighted by Crippen LogP contribution is 2.43. The largest absolute Gasteiger partial charge is 0.472 e. The number of phosphoric acid groups is 1. The Morgan fingerprint density at radius 1 is 0.508 bits per heavy atom. The van der Waals surface area contributed by atoms with E-state index in [1.807, 2.05) is 0 Å². The van der Waals surface area contributed by atoms with E-state index < -0.39 is 32.5 Å². The smallest absolute Gasteiger partial charge is 0.462 e. The Hall–Kier alpha value is -1.77. The van der Waals surface area contributed by atoms with Gasteiger partial charge in [-0.2, -0.15) is 0 Å². The second-order valence-electron chi connectivity index (χ2n) is 16.3. The lowest BCUT2D eigenvalue weighted by molar-refractivity contribution is -0.161. The van der Waals surface area contributed by atoms with Crippen molar-refractivity contribution < 1.29 is 37.6 Å². The summed E-state index contributed by atoms with van der Waals surface area (Å²) < 4.78 is 32.6. The normalized spacial score (nSPS) is 13.5. The van der Waals surface area contributed by atoms with E-state index in [2.05, 4.69) is 50.3 Å². The maximum absolute atomic E-state index is 12.5. The minimum atomic E-state index is -4.36. The van der Waals surface area contributed by atoms with Crippen LogP contribution >= 0.6 is 7.82 Å². The Morgan fingerprint density at radius 3 is 1.31 bits per heavy atom. The van der Waals surface area contributed by atoms with E-state index in [1.165, 1.54) is 141 Å². The van der Waals surface area contributed by atoms with Crippen LogP contribution in [0.15, 0.2) is 36.5 Å². The zero-order valence-corrected chi connectivity index (χ0v) is 39.1. The van der Waals surface area contributed by atoms with Crippen LogP contribution in [-0.4, -0.2) is 49.3 Å². The summed E-state index contributed by atoms with van der Waals surface area (Å²) in [7, 11) is -4.36. The fraction of sp³-hybridized carbons (Fsp3) is 0.837. The summed E-state index contributed by atoms with van der Waals surface area (Å²) in [4.78, 5) is 34.5. The first-order chi connectivity index (χ1) is 28.8. The van der Waals surface area contributed by atoms with Gasteiger partial charge in [0.15, 0.2) is 6.10 Å². The number of ether oxygens (including phenoxy) is 2. The molecule has 2 unspecified atom stereocenters. The topological polar surface area (TPSA) is 134 Å². The van der Waals surface area contributed by atoms with Crippen LogP contribution in [0.1, 0.15) is 232 Å². The highest BCUT2D eigenvalue weighted by atomic mass is 31.2. The molecule has 0 saturated heterocycles. The van der Waals surface area contributed by atoms with Crippen LogP contribution in [0.5, 0.6) is 0 Å². The fourth-order valence-corrected chi connectivity index (χ4v) is 7.64. The van der Waals surface area contributed by atoms with Gasteiger partial charge in [0.25, 0.3) is 0 Å². The number of phosphoric ester groups is 1. The highest BCUT2D eigenvalue weighted by Gasteiger charge is 2.26. The molecule has 0 fully saturated rings. The van der Waals surface area contributed by atoms with E-state index in [-0.39, 0.29) is 32.6 Å². The van der Waals surface area contributed by atoms with Crippen LogP contribution in [0.2, 0.25) is 0 Å². The van der Waals surface area contributed by atoms with Gasteiger partial charge < -0.3 is 20.1 Å². The summed E-state index contributed by atoms with van der Waals surface area (Å²) in [6, 6.07) is 0. The van der Waals surface area contributed by atoms with Crippen LogP contribution in [0.25, 0.3) is 0 Å². The van der Waals surface area contributed by atoms with Crippen molar-refractivity contribution in [2.24, 2.45) is 5.73 Å². The van der Waals surface area contributed by atoms with Crippen LogP contribution in [0.3, 0.4) is 0 Å². The predicted octanol–water partition coefficient (Wildman–Crippen LogP) is 14.5. The molecular formula is C49H92NO8P. The van der Waals surface area contributed by atoms with Crippen molar-refractivity contribution in [3.8, 4) is 0 Å². The van der Waals surface area contributed by atoms with Gasteiger partial charge in [0.05, 0.1) is 13.2 Å². The third-order valence-corrected chi connectivity index (χ3v) is 11.5. The van der Waals surface area contributed by atoms with Crippen LogP contribution in [-0.2, 0) is 32.7 Å². The molecule has 0 radical (unpaired) electrons. The summed E-state index contributed by atoms with van der Waals surface area (Å²) in [5, 5.41) is 0. The summed E-state index contributed by atoms with van der Waals surface area (Å²) >= 11 is 0. The maximum atomic E-state index is 12.5. The van der Waals surface area contributed by atoms with Crippen molar-refractivity contribution in [3.63, 3.8) is 0 Å². The van der Waals surface area contributed by atoms with Crippen LogP contribution < -0.4 is 5.73 Å².